The van der Waals surface area contributed by atoms with Crippen LogP contribution in [-0.2, 0) is 15.1 Å². The molecule has 0 radical (unpaired) electrons. The number of pyridine rings is 1. The zero-order valence-electron chi connectivity index (χ0n) is 17.0. The summed E-state index contributed by atoms with van der Waals surface area (Å²) in [7, 11) is 1.65. The largest absolute Gasteiger partial charge is 0.379 e. The van der Waals surface area contributed by atoms with E-state index in [0.29, 0.717) is 41.9 Å². The van der Waals surface area contributed by atoms with Crippen LogP contribution in [0.2, 0.25) is 0 Å². The fourth-order valence-corrected chi connectivity index (χ4v) is 3.79. The van der Waals surface area contributed by atoms with Crippen LogP contribution in [0.3, 0.4) is 0 Å². The van der Waals surface area contributed by atoms with Crippen molar-refractivity contribution in [3.63, 3.8) is 0 Å². The van der Waals surface area contributed by atoms with Gasteiger partial charge in [-0.2, -0.15) is 0 Å². The van der Waals surface area contributed by atoms with Gasteiger partial charge in [0.15, 0.2) is 5.76 Å². The standard InChI is InChI=1S/C21H22N6O4/c1-27-9-7-21(29,19(27)28)18-11-17(26-31-18)15-4-2-3-14(24-15)16-5-8-22-20(25-16)23-13-6-10-30-12-13/h2-5,8,11,13,29H,6-7,9-10,12H2,1H3,(H,22,23,25)/t13-,21-/m1/s1. The van der Waals surface area contributed by atoms with Gasteiger partial charge in [0.1, 0.15) is 5.69 Å². The average molecular weight is 422 g/mol. The highest BCUT2D eigenvalue weighted by Gasteiger charge is 2.48. The molecule has 0 bridgehead atoms. The predicted molar refractivity (Wildman–Crippen MR) is 110 cm³/mol. The Bertz CT molecular complexity index is 1110. The normalized spacial score (nSPS) is 23.5. The minimum atomic E-state index is -1.69. The second-order valence-electron chi connectivity index (χ2n) is 7.79. The van der Waals surface area contributed by atoms with Crippen molar-refractivity contribution in [1.82, 2.24) is 25.0 Å². The third kappa shape index (κ3) is 3.64. The molecule has 2 fully saturated rings. The lowest BCUT2D eigenvalue weighted by atomic mass is 9.98. The number of aliphatic hydroxyl groups is 1. The number of likely N-dealkylation sites (tertiary alicyclic amines) is 1. The lowest BCUT2D eigenvalue weighted by Gasteiger charge is -2.16. The fourth-order valence-electron chi connectivity index (χ4n) is 3.79. The first-order valence-corrected chi connectivity index (χ1v) is 10.1. The number of rotatable bonds is 5. The van der Waals surface area contributed by atoms with Gasteiger partial charge in [0.05, 0.1) is 29.7 Å². The van der Waals surface area contributed by atoms with E-state index in [0.717, 1.165) is 13.0 Å². The van der Waals surface area contributed by atoms with Gasteiger partial charge in [-0.15, -0.1) is 0 Å². The summed E-state index contributed by atoms with van der Waals surface area (Å²) in [5.74, 6) is 0.247. The molecule has 3 aromatic rings. The molecule has 0 spiro atoms. The van der Waals surface area contributed by atoms with E-state index >= 15 is 0 Å². The van der Waals surface area contributed by atoms with Crippen molar-refractivity contribution in [2.75, 3.05) is 32.1 Å². The summed E-state index contributed by atoms with van der Waals surface area (Å²) in [6.45, 7) is 1.83. The molecule has 5 heterocycles. The third-order valence-corrected chi connectivity index (χ3v) is 5.62. The van der Waals surface area contributed by atoms with Gasteiger partial charge in [0.25, 0.3) is 5.91 Å². The zero-order chi connectivity index (χ0) is 21.4. The van der Waals surface area contributed by atoms with Crippen LogP contribution < -0.4 is 5.32 Å². The Morgan fingerprint density at radius 2 is 2.00 bits per heavy atom. The average Bonchev–Trinajstić information content (AvgIpc) is 3.54. The Morgan fingerprint density at radius 3 is 2.74 bits per heavy atom. The van der Waals surface area contributed by atoms with E-state index in [9.17, 15) is 9.90 Å². The first-order valence-electron chi connectivity index (χ1n) is 10.1. The second kappa shape index (κ2) is 7.71. The highest BCUT2D eigenvalue weighted by atomic mass is 16.5. The number of nitrogens with one attached hydrogen (secondary N) is 1. The summed E-state index contributed by atoms with van der Waals surface area (Å²) in [6, 6.07) is 9.02. The van der Waals surface area contributed by atoms with Gasteiger partial charge in [-0.25, -0.2) is 15.0 Å². The van der Waals surface area contributed by atoms with Gasteiger partial charge in [0.2, 0.25) is 11.5 Å². The van der Waals surface area contributed by atoms with Crippen molar-refractivity contribution >= 4 is 11.9 Å². The van der Waals surface area contributed by atoms with Crippen molar-refractivity contribution in [3.05, 3.63) is 42.3 Å². The third-order valence-electron chi connectivity index (χ3n) is 5.62. The van der Waals surface area contributed by atoms with Gasteiger partial charge in [-0.1, -0.05) is 11.2 Å². The number of aromatic nitrogens is 4. The van der Waals surface area contributed by atoms with Crippen molar-refractivity contribution in [2.45, 2.75) is 24.5 Å². The molecule has 0 aromatic carbocycles. The van der Waals surface area contributed by atoms with E-state index < -0.39 is 11.5 Å². The van der Waals surface area contributed by atoms with Crippen LogP contribution in [0, 0.1) is 0 Å². The molecule has 5 rings (SSSR count). The van der Waals surface area contributed by atoms with Crippen molar-refractivity contribution in [2.24, 2.45) is 0 Å². The molecule has 0 unspecified atom stereocenters. The monoisotopic (exact) mass is 422 g/mol. The van der Waals surface area contributed by atoms with Crippen LogP contribution in [0.25, 0.3) is 22.8 Å². The molecule has 10 nitrogen and oxygen atoms in total. The van der Waals surface area contributed by atoms with Crippen LogP contribution in [0.15, 0.2) is 41.1 Å². The fraction of sp³-hybridized carbons (Fsp3) is 0.381. The molecule has 31 heavy (non-hydrogen) atoms. The number of nitrogens with zero attached hydrogens (tertiary/aromatic N) is 5. The Kier molecular flexibility index (Phi) is 4.87. The van der Waals surface area contributed by atoms with Gasteiger partial charge in [-0.3, -0.25) is 4.79 Å². The number of anilines is 1. The first kappa shape index (κ1) is 19.6. The molecule has 2 saturated heterocycles. The molecule has 2 N–H and O–H groups in total. The van der Waals surface area contributed by atoms with Crippen LogP contribution in [0.4, 0.5) is 5.95 Å². The molecule has 3 aromatic heterocycles. The van der Waals surface area contributed by atoms with Crippen LogP contribution >= 0.6 is 0 Å². The van der Waals surface area contributed by atoms with E-state index in [4.69, 9.17) is 9.26 Å². The maximum absolute atomic E-state index is 12.3. The molecular weight excluding hydrogens is 400 g/mol. The summed E-state index contributed by atoms with van der Waals surface area (Å²) in [6.07, 6.45) is 2.86. The molecule has 2 atom stereocenters. The van der Waals surface area contributed by atoms with E-state index in [-0.39, 0.29) is 18.2 Å². The summed E-state index contributed by atoms with van der Waals surface area (Å²) in [5, 5.41) is 18.1. The Balaban J connectivity index is 1.40. The van der Waals surface area contributed by atoms with E-state index in [2.05, 4.69) is 25.4 Å². The van der Waals surface area contributed by atoms with E-state index in [1.807, 2.05) is 12.1 Å². The zero-order valence-corrected chi connectivity index (χ0v) is 17.0. The number of carbonyl (C=O) groups excluding carboxylic acids is 1. The van der Waals surface area contributed by atoms with Crippen molar-refractivity contribution in [1.29, 1.82) is 0 Å². The molecule has 10 heteroatoms. The second-order valence-corrected chi connectivity index (χ2v) is 7.79. The summed E-state index contributed by atoms with van der Waals surface area (Å²) in [5.41, 5.74) is 0.600. The predicted octanol–water partition coefficient (Wildman–Crippen LogP) is 1.44. The molecule has 0 aliphatic carbocycles. The number of hydrogen-bond donors (Lipinski definition) is 2. The molecule has 160 valence electrons. The number of ether oxygens (including phenoxy) is 1. The van der Waals surface area contributed by atoms with Crippen LogP contribution in [0.5, 0.6) is 0 Å². The molecule has 2 aliphatic heterocycles. The van der Waals surface area contributed by atoms with E-state index in [1.54, 1.807) is 31.4 Å². The lowest BCUT2D eigenvalue weighted by Crippen LogP contribution is -2.35. The van der Waals surface area contributed by atoms with Gasteiger partial charge in [0, 0.05) is 38.9 Å². The quantitative estimate of drug-likeness (QED) is 0.628. The SMILES string of the molecule is CN1CC[C@@](O)(c2cc(-c3cccc(-c4ccnc(N[C@@H]5CCOC5)n4)n3)no2)C1=O. The number of hydrogen-bond acceptors (Lipinski definition) is 9. The minimum absolute atomic E-state index is 0.122. The lowest BCUT2D eigenvalue weighted by molar-refractivity contribution is -0.144. The maximum Gasteiger partial charge on any atom is 0.262 e. The summed E-state index contributed by atoms with van der Waals surface area (Å²) < 4.78 is 10.7. The summed E-state index contributed by atoms with van der Waals surface area (Å²) in [4.78, 5) is 27.3. The molecular formula is C21H22N6O4. The topological polar surface area (TPSA) is 126 Å². The highest BCUT2D eigenvalue weighted by molar-refractivity contribution is 5.87. The van der Waals surface area contributed by atoms with Crippen LogP contribution in [0.1, 0.15) is 18.6 Å². The van der Waals surface area contributed by atoms with Gasteiger partial charge < -0.3 is 24.6 Å². The number of likely N-dealkylation sites (N-methyl/N-ethyl adjacent to an activating group) is 1. The van der Waals surface area contributed by atoms with E-state index in [1.165, 1.54) is 4.90 Å². The molecule has 1 amide bonds. The van der Waals surface area contributed by atoms with Crippen LogP contribution in [-0.4, -0.2) is 68.9 Å². The Labute approximate surface area is 178 Å². The van der Waals surface area contributed by atoms with Crippen molar-refractivity contribution in [3.8, 4) is 22.8 Å². The van der Waals surface area contributed by atoms with Gasteiger partial charge in [-0.05, 0) is 24.6 Å². The highest BCUT2D eigenvalue weighted by Crippen LogP contribution is 2.34. The Hall–Kier alpha value is -3.37. The molecule has 0 saturated carbocycles. The summed E-state index contributed by atoms with van der Waals surface area (Å²) >= 11 is 0. The minimum Gasteiger partial charge on any atom is -0.379 e. The number of carbonyl (C=O) groups is 1. The Morgan fingerprint density at radius 1 is 1.19 bits per heavy atom. The van der Waals surface area contributed by atoms with Crippen molar-refractivity contribution < 1.29 is 19.2 Å². The smallest absolute Gasteiger partial charge is 0.262 e. The number of amides is 1. The molecule has 2 aliphatic rings. The maximum atomic E-state index is 12.3. The first-order chi connectivity index (χ1) is 15.0. The van der Waals surface area contributed by atoms with Gasteiger partial charge >= 0.3 is 0 Å².